The number of nitrogens with one attached hydrogen (secondary N) is 1. The van der Waals surface area contributed by atoms with Crippen LogP contribution in [0.15, 0.2) is 5.38 Å². The van der Waals surface area contributed by atoms with Crippen LogP contribution in [-0.4, -0.2) is 59.0 Å². The summed E-state index contributed by atoms with van der Waals surface area (Å²) in [4.78, 5) is 19.6. The van der Waals surface area contributed by atoms with Gasteiger partial charge in [0, 0.05) is 48.5 Å². The number of hydrogen-bond acceptors (Lipinski definition) is 6. The third-order valence-corrected chi connectivity index (χ3v) is 7.04. The van der Waals surface area contributed by atoms with Gasteiger partial charge in [-0.3, -0.25) is 9.69 Å². The Hall–Kier alpha value is -0.0500. The Balaban J connectivity index is 0.00000169. The number of hydrogen-bond donors (Lipinski definition) is 2. The molecule has 0 bridgehead atoms. The molecule has 3 rings (SSSR count). The number of halogens is 2. The normalized spacial score (nSPS) is 19.9. The van der Waals surface area contributed by atoms with Crippen molar-refractivity contribution in [3.63, 3.8) is 0 Å². The molecule has 1 aliphatic heterocycles. The van der Waals surface area contributed by atoms with Crippen LogP contribution in [0.5, 0.6) is 0 Å². The van der Waals surface area contributed by atoms with Crippen molar-refractivity contribution in [1.29, 1.82) is 0 Å². The lowest BCUT2D eigenvalue weighted by molar-refractivity contribution is 0.0547. The maximum absolute atomic E-state index is 12.5. The van der Waals surface area contributed by atoms with Crippen molar-refractivity contribution in [1.82, 2.24) is 15.2 Å². The van der Waals surface area contributed by atoms with E-state index in [0.717, 1.165) is 31.1 Å². The summed E-state index contributed by atoms with van der Waals surface area (Å²) in [7, 11) is 0. The molecule has 5 nitrogen and oxygen atoms in total. The molecule has 0 radical (unpaired) electrons. The third kappa shape index (κ3) is 5.97. The van der Waals surface area contributed by atoms with Crippen LogP contribution in [-0.2, 0) is 6.42 Å². The van der Waals surface area contributed by atoms with Gasteiger partial charge in [-0.2, -0.15) is 11.8 Å². The molecule has 26 heavy (non-hydrogen) atoms. The predicted octanol–water partition coefficient (Wildman–Crippen LogP) is 2.97. The van der Waals surface area contributed by atoms with Crippen LogP contribution in [0.3, 0.4) is 0 Å². The van der Waals surface area contributed by atoms with Crippen LogP contribution in [0.25, 0.3) is 0 Å². The average molecular weight is 441 g/mol. The second-order valence-electron chi connectivity index (χ2n) is 6.73. The fraction of sp³-hybridized carbons (Fsp3) is 0.765. The zero-order valence-electron chi connectivity index (χ0n) is 15.1. The van der Waals surface area contributed by atoms with Crippen LogP contribution in [0.4, 0.5) is 0 Å². The monoisotopic (exact) mass is 440 g/mol. The Morgan fingerprint density at radius 3 is 2.58 bits per heavy atom. The van der Waals surface area contributed by atoms with E-state index in [-0.39, 0.29) is 36.3 Å². The number of nitrogens with two attached hydrogens (primary N) is 1. The fourth-order valence-electron chi connectivity index (χ4n) is 3.84. The van der Waals surface area contributed by atoms with Gasteiger partial charge < -0.3 is 11.1 Å². The number of thiazole rings is 1. The number of amides is 1. The number of carbonyl (C=O) groups is 1. The van der Waals surface area contributed by atoms with Crippen LogP contribution >= 0.6 is 47.9 Å². The molecule has 0 spiro atoms. The molecule has 2 aliphatic rings. The van der Waals surface area contributed by atoms with Crippen LogP contribution < -0.4 is 11.1 Å². The van der Waals surface area contributed by atoms with Gasteiger partial charge in [-0.15, -0.1) is 36.2 Å². The van der Waals surface area contributed by atoms with E-state index in [1.807, 2.05) is 17.1 Å². The molecule has 3 N–H and O–H groups in total. The largest absolute Gasteiger partial charge is 0.349 e. The van der Waals surface area contributed by atoms with E-state index < -0.39 is 0 Å². The Morgan fingerprint density at radius 2 is 1.92 bits per heavy atom. The lowest BCUT2D eigenvalue weighted by Gasteiger charge is -2.48. The highest BCUT2D eigenvalue weighted by Crippen LogP contribution is 2.34. The quantitative estimate of drug-likeness (QED) is 0.710. The summed E-state index contributed by atoms with van der Waals surface area (Å²) in [6.07, 6.45) is 7.02. The van der Waals surface area contributed by atoms with Gasteiger partial charge in [-0.05, 0) is 19.4 Å². The highest BCUT2D eigenvalue weighted by Gasteiger charge is 2.38. The summed E-state index contributed by atoms with van der Waals surface area (Å²) in [6.45, 7) is 3.63. The van der Waals surface area contributed by atoms with E-state index >= 15 is 0 Å². The van der Waals surface area contributed by atoms with Crippen LogP contribution in [0.2, 0.25) is 0 Å². The van der Waals surface area contributed by atoms with Gasteiger partial charge in [0.25, 0.3) is 5.91 Å². The molecule has 0 unspecified atom stereocenters. The molecule has 1 aromatic heterocycles. The van der Waals surface area contributed by atoms with Gasteiger partial charge in [0.2, 0.25) is 0 Å². The van der Waals surface area contributed by atoms with Crippen molar-refractivity contribution in [2.45, 2.75) is 44.1 Å². The van der Waals surface area contributed by atoms with Gasteiger partial charge >= 0.3 is 0 Å². The lowest BCUT2D eigenvalue weighted by Crippen LogP contribution is -2.58. The topological polar surface area (TPSA) is 71.2 Å². The Labute approximate surface area is 177 Å². The van der Waals surface area contributed by atoms with E-state index in [4.69, 9.17) is 5.73 Å². The maximum atomic E-state index is 12.5. The first kappa shape index (κ1) is 24.0. The van der Waals surface area contributed by atoms with Gasteiger partial charge in [0.05, 0.1) is 5.01 Å². The predicted molar refractivity (Wildman–Crippen MR) is 116 cm³/mol. The molecule has 1 aliphatic carbocycles. The number of nitrogens with zero attached hydrogens (tertiary/aromatic N) is 2. The van der Waals surface area contributed by atoms with Gasteiger partial charge in [-0.25, -0.2) is 4.98 Å². The van der Waals surface area contributed by atoms with Crippen LogP contribution in [0, 0.1) is 0 Å². The minimum atomic E-state index is -0.0362. The van der Waals surface area contributed by atoms with E-state index in [1.54, 1.807) is 0 Å². The molecule has 1 amide bonds. The van der Waals surface area contributed by atoms with Crippen molar-refractivity contribution < 1.29 is 4.79 Å². The highest BCUT2D eigenvalue weighted by atomic mass is 35.5. The first-order chi connectivity index (χ1) is 11.7. The molecule has 150 valence electrons. The number of thioether (sulfide) groups is 1. The van der Waals surface area contributed by atoms with E-state index in [2.05, 4.69) is 15.2 Å². The summed E-state index contributed by atoms with van der Waals surface area (Å²) < 4.78 is 0. The zero-order valence-corrected chi connectivity index (χ0v) is 18.3. The molecule has 2 fully saturated rings. The van der Waals surface area contributed by atoms with Gasteiger partial charge in [-0.1, -0.05) is 19.3 Å². The number of rotatable bonds is 6. The minimum absolute atomic E-state index is 0. The summed E-state index contributed by atoms with van der Waals surface area (Å²) in [5.74, 6) is 2.39. The standard InChI is InChI=1S/C17H28N4OS2.2ClH/c18-7-4-15-20-14(12-24-15)16(22)19-13-17(5-2-1-3-6-17)21-8-10-23-11-9-21;;/h12H,1-11,13,18H2,(H,19,22);2*1H. The average Bonchev–Trinajstić information content (AvgIpc) is 3.10. The van der Waals surface area contributed by atoms with Gasteiger partial charge in [0.15, 0.2) is 0 Å². The Kier molecular flexibility index (Phi) is 10.8. The second-order valence-corrected chi connectivity index (χ2v) is 8.90. The zero-order chi connectivity index (χ0) is 16.8. The number of carbonyl (C=O) groups excluding carboxylic acids is 1. The third-order valence-electron chi connectivity index (χ3n) is 5.19. The van der Waals surface area contributed by atoms with Crippen molar-refractivity contribution in [3.8, 4) is 0 Å². The molecular formula is C17H30Cl2N4OS2. The van der Waals surface area contributed by atoms with E-state index in [0.29, 0.717) is 12.2 Å². The fourth-order valence-corrected chi connectivity index (χ4v) is 5.54. The second kappa shape index (κ2) is 11.7. The lowest BCUT2D eigenvalue weighted by atomic mass is 9.80. The maximum Gasteiger partial charge on any atom is 0.270 e. The molecule has 0 aromatic carbocycles. The van der Waals surface area contributed by atoms with Crippen molar-refractivity contribution in [3.05, 3.63) is 16.1 Å². The SMILES string of the molecule is Cl.Cl.NCCc1nc(C(=O)NCC2(N3CCSCC3)CCCCC2)cs1. The summed E-state index contributed by atoms with van der Waals surface area (Å²) in [5, 5.41) is 5.99. The van der Waals surface area contributed by atoms with Gasteiger partial charge in [0.1, 0.15) is 5.69 Å². The smallest absolute Gasteiger partial charge is 0.270 e. The molecule has 1 aromatic rings. The molecule has 1 saturated carbocycles. The van der Waals surface area contributed by atoms with E-state index in [1.165, 1.54) is 54.9 Å². The van der Waals surface area contributed by atoms with Crippen molar-refractivity contribution in [2.75, 3.05) is 37.7 Å². The first-order valence-electron chi connectivity index (χ1n) is 8.99. The minimum Gasteiger partial charge on any atom is -0.349 e. The van der Waals surface area contributed by atoms with E-state index in [9.17, 15) is 4.79 Å². The molecule has 1 saturated heterocycles. The molecular weight excluding hydrogens is 411 g/mol. The molecule has 0 atom stereocenters. The summed E-state index contributed by atoms with van der Waals surface area (Å²) in [6, 6.07) is 0. The first-order valence-corrected chi connectivity index (χ1v) is 11.0. The van der Waals surface area contributed by atoms with Crippen molar-refractivity contribution in [2.24, 2.45) is 5.73 Å². The molecule has 2 heterocycles. The summed E-state index contributed by atoms with van der Waals surface area (Å²) in [5.41, 5.74) is 6.26. The Bertz CT molecular complexity index is 547. The Morgan fingerprint density at radius 1 is 1.23 bits per heavy atom. The molecule has 9 heteroatoms. The van der Waals surface area contributed by atoms with Crippen LogP contribution in [0.1, 0.15) is 47.6 Å². The van der Waals surface area contributed by atoms with Crippen molar-refractivity contribution >= 4 is 53.8 Å². The number of aromatic nitrogens is 1. The highest BCUT2D eigenvalue weighted by molar-refractivity contribution is 7.99. The summed E-state index contributed by atoms with van der Waals surface area (Å²) >= 11 is 3.57.